The van der Waals surface area contributed by atoms with Gasteiger partial charge in [0.05, 0.1) is 23.7 Å². The molecule has 0 radical (unpaired) electrons. The average molecular weight is 280 g/mol. The van der Waals surface area contributed by atoms with Gasteiger partial charge in [-0.25, -0.2) is 4.79 Å². The summed E-state index contributed by atoms with van der Waals surface area (Å²) in [5.41, 5.74) is 0.497. The normalized spacial score (nSPS) is 17.8. The van der Waals surface area contributed by atoms with E-state index in [9.17, 15) is 14.9 Å². The number of anilines is 1. The van der Waals surface area contributed by atoms with Crippen molar-refractivity contribution in [2.45, 2.75) is 18.9 Å². The Morgan fingerprint density at radius 1 is 1.60 bits per heavy atom. The molecular formula is C13H16N2O5. The van der Waals surface area contributed by atoms with Crippen LogP contribution in [0.5, 0.6) is 0 Å². The summed E-state index contributed by atoms with van der Waals surface area (Å²) in [6, 6.07) is 4.10. The molecule has 1 heterocycles. The maximum Gasteiger partial charge on any atom is 0.337 e. The van der Waals surface area contributed by atoms with E-state index in [-0.39, 0.29) is 17.4 Å². The summed E-state index contributed by atoms with van der Waals surface area (Å²) >= 11 is 0. The number of carbonyl (C=O) groups excluding carboxylic acids is 1. The summed E-state index contributed by atoms with van der Waals surface area (Å²) in [5, 5.41) is 14.0. The van der Waals surface area contributed by atoms with Gasteiger partial charge in [0.15, 0.2) is 0 Å². The molecule has 1 atom stereocenters. The number of nitro benzene ring substituents is 1. The number of nitrogens with zero attached hydrogens (tertiary/aromatic N) is 1. The van der Waals surface area contributed by atoms with Crippen molar-refractivity contribution in [3.63, 3.8) is 0 Å². The third kappa shape index (κ3) is 3.24. The molecule has 7 nitrogen and oxygen atoms in total. The van der Waals surface area contributed by atoms with Crippen LogP contribution in [0.15, 0.2) is 18.2 Å². The van der Waals surface area contributed by atoms with Gasteiger partial charge in [-0.15, -0.1) is 0 Å². The molecule has 0 spiro atoms. The van der Waals surface area contributed by atoms with Crippen LogP contribution in [0.3, 0.4) is 0 Å². The molecule has 0 amide bonds. The lowest BCUT2D eigenvalue weighted by Crippen LogP contribution is -2.19. The van der Waals surface area contributed by atoms with E-state index in [1.54, 1.807) is 0 Å². The van der Waals surface area contributed by atoms with Crippen molar-refractivity contribution in [2.24, 2.45) is 0 Å². The van der Waals surface area contributed by atoms with Gasteiger partial charge in [-0.1, -0.05) is 0 Å². The second-order valence-corrected chi connectivity index (χ2v) is 4.50. The minimum atomic E-state index is -0.528. The van der Waals surface area contributed by atoms with Crippen molar-refractivity contribution in [3.8, 4) is 0 Å². The zero-order valence-electron chi connectivity index (χ0n) is 11.1. The first kappa shape index (κ1) is 14.3. The molecule has 1 saturated heterocycles. The molecule has 20 heavy (non-hydrogen) atoms. The Hall–Kier alpha value is -2.15. The first-order chi connectivity index (χ1) is 9.61. The van der Waals surface area contributed by atoms with Crippen LogP contribution >= 0.6 is 0 Å². The monoisotopic (exact) mass is 280 g/mol. The fourth-order valence-corrected chi connectivity index (χ4v) is 2.11. The van der Waals surface area contributed by atoms with Crippen molar-refractivity contribution < 1.29 is 19.2 Å². The number of hydrogen-bond donors (Lipinski definition) is 1. The predicted molar refractivity (Wildman–Crippen MR) is 71.9 cm³/mol. The summed E-state index contributed by atoms with van der Waals surface area (Å²) in [6.45, 7) is 1.20. The number of ether oxygens (including phenoxy) is 2. The van der Waals surface area contributed by atoms with E-state index in [4.69, 9.17) is 4.74 Å². The number of benzene rings is 1. The van der Waals surface area contributed by atoms with Crippen LogP contribution in [-0.2, 0) is 9.47 Å². The minimum absolute atomic E-state index is 0.0522. The van der Waals surface area contributed by atoms with E-state index in [0.717, 1.165) is 19.4 Å². The van der Waals surface area contributed by atoms with Gasteiger partial charge in [0, 0.05) is 19.2 Å². The van der Waals surface area contributed by atoms with Gasteiger partial charge in [0.2, 0.25) is 0 Å². The Kier molecular flexibility index (Phi) is 4.52. The fourth-order valence-electron chi connectivity index (χ4n) is 2.11. The van der Waals surface area contributed by atoms with E-state index >= 15 is 0 Å². The average Bonchev–Trinajstić information content (AvgIpc) is 2.97. The molecule has 108 valence electrons. The largest absolute Gasteiger partial charge is 0.465 e. The standard InChI is InChI=1S/C13H16N2O5/c1-19-13(16)9-4-5-12(15(17)18)11(7-9)14-8-10-3-2-6-20-10/h4-5,7,10,14H,2-3,6,8H2,1H3. The van der Waals surface area contributed by atoms with Crippen molar-refractivity contribution >= 4 is 17.3 Å². The second-order valence-electron chi connectivity index (χ2n) is 4.50. The Morgan fingerprint density at radius 3 is 3.00 bits per heavy atom. The third-order valence-electron chi connectivity index (χ3n) is 3.16. The lowest BCUT2D eigenvalue weighted by molar-refractivity contribution is -0.384. The minimum Gasteiger partial charge on any atom is -0.465 e. The van der Waals surface area contributed by atoms with Gasteiger partial charge in [0.1, 0.15) is 5.69 Å². The number of nitrogens with one attached hydrogen (secondary N) is 1. The van der Waals surface area contributed by atoms with Crippen molar-refractivity contribution in [2.75, 3.05) is 25.6 Å². The van der Waals surface area contributed by atoms with Crippen LogP contribution in [-0.4, -0.2) is 37.3 Å². The van der Waals surface area contributed by atoms with E-state index < -0.39 is 10.9 Å². The van der Waals surface area contributed by atoms with Gasteiger partial charge in [0.25, 0.3) is 5.69 Å². The van der Waals surface area contributed by atoms with Gasteiger partial charge >= 0.3 is 5.97 Å². The fraction of sp³-hybridized carbons (Fsp3) is 0.462. The number of rotatable bonds is 5. The first-order valence-corrected chi connectivity index (χ1v) is 6.34. The highest BCUT2D eigenvalue weighted by molar-refractivity contribution is 5.91. The summed E-state index contributed by atoms with van der Waals surface area (Å²) in [6.07, 6.45) is 1.98. The lowest BCUT2D eigenvalue weighted by Gasteiger charge is -2.12. The molecule has 0 saturated carbocycles. The quantitative estimate of drug-likeness (QED) is 0.504. The van der Waals surface area contributed by atoms with E-state index in [0.29, 0.717) is 12.2 Å². The number of hydrogen-bond acceptors (Lipinski definition) is 6. The molecule has 1 aromatic carbocycles. The molecule has 0 aromatic heterocycles. The van der Waals surface area contributed by atoms with Crippen molar-refractivity contribution in [1.82, 2.24) is 0 Å². The molecule has 1 aliphatic rings. The molecule has 7 heteroatoms. The van der Waals surface area contributed by atoms with Crippen LogP contribution in [0.1, 0.15) is 23.2 Å². The number of methoxy groups -OCH3 is 1. The molecule has 1 aromatic rings. The maximum atomic E-state index is 11.5. The highest BCUT2D eigenvalue weighted by atomic mass is 16.6. The Labute approximate surface area is 116 Å². The third-order valence-corrected chi connectivity index (χ3v) is 3.16. The number of nitro groups is 1. The summed E-state index contributed by atoms with van der Waals surface area (Å²) in [5.74, 6) is -0.528. The van der Waals surface area contributed by atoms with Gasteiger partial charge in [-0.3, -0.25) is 10.1 Å². The van der Waals surface area contributed by atoms with Crippen LogP contribution in [0.4, 0.5) is 11.4 Å². The smallest absolute Gasteiger partial charge is 0.337 e. The van der Waals surface area contributed by atoms with E-state index in [1.807, 2.05) is 0 Å². The zero-order valence-corrected chi connectivity index (χ0v) is 11.1. The van der Waals surface area contributed by atoms with Crippen LogP contribution in [0, 0.1) is 10.1 Å². The molecule has 1 unspecified atom stereocenters. The number of esters is 1. The molecule has 0 bridgehead atoms. The van der Waals surface area contributed by atoms with Gasteiger partial charge in [-0.2, -0.15) is 0 Å². The van der Waals surface area contributed by atoms with Crippen molar-refractivity contribution in [1.29, 1.82) is 0 Å². The van der Waals surface area contributed by atoms with Crippen LogP contribution < -0.4 is 5.32 Å². The molecule has 1 N–H and O–H groups in total. The Bertz CT molecular complexity index is 511. The first-order valence-electron chi connectivity index (χ1n) is 6.34. The van der Waals surface area contributed by atoms with E-state index in [1.165, 1.54) is 25.3 Å². The zero-order chi connectivity index (χ0) is 14.5. The van der Waals surface area contributed by atoms with Crippen LogP contribution in [0.25, 0.3) is 0 Å². The second kappa shape index (κ2) is 6.33. The van der Waals surface area contributed by atoms with Crippen molar-refractivity contribution in [3.05, 3.63) is 33.9 Å². The highest BCUT2D eigenvalue weighted by Gasteiger charge is 2.20. The Balaban J connectivity index is 2.17. The molecule has 1 aliphatic heterocycles. The van der Waals surface area contributed by atoms with E-state index in [2.05, 4.69) is 10.1 Å². The maximum absolute atomic E-state index is 11.5. The lowest BCUT2D eigenvalue weighted by atomic mass is 10.1. The Morgan fingerprint density at radius 2 is 2.40 bits per heavy atom. The molecule has 2 rings (SSSR count). The SMILES string of the molecule is COC(=O)c1ccc([N+](=O)[O-])c(NCC2CCCO2)c1. The highest BCUT2D eigenvalue weighted by Crippen LogP contribution is 2.26. The summed E-state index contributed by atoms with van der Waals surface area (Å²) in [7, 11) is 1.27. The topological polar surface area (TPSA) is 90.7 Å². The van der Waals surface area contributed by atoms with Crippen LogP contribution in [0.2, 0.25) is 0 Å². The summed E-state index contributed by atoms with van der Waals surface area (Å²) in [4.78, 5) is 22.0. The number of carbonyl (C=O) groups is 1. The molecular weight excluding hydrogens is 264 g/mol. The van der Waals surface area contributed by atoms with Gasteiger partial charge < -0.3 is 14.8 Å². The predicted octanol–water partition coefficient (Wildman–Crippen LogP) is 1.97. The van der Waals surface area contributed by atoms with Gasteiger partial charge in [-0.05, 0) is 25.0 Å². The molecule has 1 fully saturated rings. The molecule has 0 aliphatic carbocycles. The summed E-state index contributed by atoms with van der Waals surface area (Å²) < 4.78 is 10.1.